The van der Waals surface area contributed by atoms with Crippen LogP contribution < -0.4 is 9.64 Å². The Bertz CT molecular complexity index is 977. The lowest BCUT2D eigenvalue weighted by Gasteiger charge is -2.45. The number of piperazine rings is 1. The van der Waals surface area contributed by atoms with Crippen LogP contribution in [0.5, 0.6) is 5.75 Å². The number of nitrogens with zero attached hydrogens (tertiary/aromatic N) is 5. The Morgan fingerprint density at radius 3 is 2.32 bits per heavy atom. The second kappa shape index (κ2) is 9.83. The molecule has 0 N–H and O–H groups in total. The number of halogens is 3. The number of carbonyl (C=O) groups is 1. The zero-order valence-electron chi connectivity index (χ0n) is 19.6. The molecule has 2 atom stereocenters. The van der Waals surface area contributed by atoms with Gasteiger partial charge < -0.3 is 19.3 Å². The molecule has 1 amide bonds. The van der Waals surface area contributed by atoms with E-state index < -0.39 is 6.36 Å². The monoisotopic (exact) mass is 481 g/mol. The molecule has 2 fully saturated rings. The summed E-state index contributed by atoms with van der Waals surface area (Å²) >= 11 is 0. The summed E-state index contributed by atoms with van der Waals surface area (Å²) in [7, 11) is 0. The fourth-order valence-corrected chi connectivity index (χ4v) is 4.70. The molecule has 186 valence electrons. The van der Waals surface area contributed by atoms with E-state index in [1.165, 1.54) is 12.1 Å². The lowest BCUT2D eigenvalue weighted by molar-refractivity contribution is -0.274. The lowest BCUT2D eigenvalue weighted by Crippen LogP contribution is -2.60. The third-order valence-corrected chi connectivity index (χ3v) is 6.18. The average Bonchev–Trinajstić information content (AvgIpc) is 3.15. The average molecular weight is 482 g/mol. The molecular formula is C23H30F3N5O3. The van der Waals surface area contributed by atoms with Gasteiger partial charge in [0.25, 0.3) is 0 Å². The van der Waals surface area contributed by atoms with Crippen molar-refractivity contribution >= 4 is 11.7 Å². The summed E-state index contributed by atoms with van der Waals surface area (Å²) in [4.78, 5) is 19.3. The standard InChI is InChI=1S/C23H30F3N5O3/c1-16-12-21(27-31(16)19-4-6-20(7-5-19)34-23(24,25)26)29-13-17(2)30(18(3)14-29)22(32)15-28-8-10-33-11-9-28/h4-7,12,17-18H,8-11,13-15H2,1-3H3. The van der Waals surface area contributed by atoms with Gasteiger partial charge in [0.1, 0.15) is 5.75 Å². The summed E-state index contributed by atoms with van der Waals surface area (Å²) in [6.45, 7) is 10.5. The predicted octanol–water partition coefficient (Wildman–Crippen LogP) is 2.84. The van der Waals surface area contributed by atoms with Crippen LogP contribution in [0.1, 0.15) is 19.5 Å². The molecule has 2 aliphatic rings. The fraction of sp³-hybridized carbons (Fsp3) is 0.565. The van der Waals surface area contributed by atoms with Crippen LogP contribution in [0.2, 0.25) is 0 Å². The number of hydrogen-bond acceptors (Lipinski definition) is 6. The van der Waals surface area contributed by atoms with Gasteiger partial charge >= 0.3 is 6.36 Å². The summed E-state index contributed by atoms with van der Waals surface area (Å²) in [5, 5.41) is 4.69. The number of carbonyl (C=O) groups excluding carboxylic acids is 1. The Labute approximate surface area is 196 Å². The largest absolute Gasteiger partial charge is 0.573 e. The van der Waals surface area contributed by atoms with Crippen LogP contribution in [0, 0.1) is 6.92 Å². The SMILES string of the molecule is Cc1cc(N2CC(C)N(C(=O)CN3CCOCC3)C(C)C2)nn1-c1ccc(OC(F)(F)F)cc1. The van der Waals surface area contributed by atoms with E-state index in [1.54, 1.807) is 16.8 Å². The van der Waals surface area contributed by atoms with E-state index >= 15 is 0 Å². The van der Waals surface area contributed by atoms with Gasteiger partial charge in [0, 0.05) is 50.0 Å². The van der Waals surface area contributed by atoms with E-state index in [0.29, 0.717) is 38.5 Å². The second-order valence-corrected chi connectivity index (χ2v) is 8.89. The number of aromatic nitrogens is 2. The molecule has 3 heterocycles. The number of morpholine rings is 1. The molecule has 2 unspecified atom stereocenters. The first kappa shape index (κ1) is 24.3. The number of alkyl halides is 3. The van der Waals surface area contributed by atoms with Crippen molar-refractivity contribution in [2.75, 3.05) is 50.8 Å². The van der Waals surface area contributed by atoms with Gasteiger partial charge in [0.05, 0.1) is 25.4 Å². The Balaban J connectivity index is 1.43. The van der Waals surface area contributed by atoms with Crippen molar-refractivity contribution in [2.24, 2.45) is 0 Å². The predicted molar refractivity (Wildman–Crippen MR) is 120 cm³/mol. The third kappa shape index (κ3) is 5.64. The molecule has 1 aromatic carbocycles. The van der Waals surface area contributed by atoms with Crippen LogP contribution in [0.15, 0.2) is 30.3 Å². The normalized spacial score (nSPS) is 22.2. The zero-order valence-corrected chi connectivity index (χ0v) is 19.6. The number of hydrogen-bond donors (Lipinski definition) is 0. The molecule has 4 rings (SSSR count). The van der Waals surface area contributed by atoms with Gasteiger partial charge in [-0.25, -0.2) is 4.68 Å². The van der Waals surface area contributed by atoms with Crippen molar-refractivity contribution in [3.8, 4) is 11.4 Å². The smallest absolute Gasteiger partial charge is 0.406 e. The number of amides is 1. The second-order valence-electron chi connectivity index (χ2n) is 8.89. The highest BCUT2D eigenvalue weighted by molar-refractivity contribution is 5.79. The maximum Gasteiger partial charge on any atom is 0.573 e. The van der Waals surface area contributed by atoms with Crippen molar-refractivity contribution in [3.05, 3.63) is 36.0 Å². The highest BCUT2D eigenvalue weighted by atomic mass is 19.4. The maximum absolute atomic E-state index is 13.0. The molecule has 8 nitrogen and oxygen atoms in total. The van der Waals surface area contributed by atoms with Gasteiger partial charge in [-0.05, 0) is 45.0 Å². The molecule has 0 radical (unpaired) electrons. The van der Waals surface area contributed by atoms with Crippen molar-refractivity contribution in [1.29, 1.82) is 0 Å². The highest BCUT2D eigenvalue weighted by Crippen LogP contribution is 2.27. The van der Waals surface area contributed by atoms with Crippen molar-refractivity contribution in [2.45, 2.75) is 39.2 Å². The van der Waals surface area contributed by atoms with E-state index in [4.69, 9.17) is 9.84 Å². The van der Waals surface area contributed by atoms with E-state index in [0.717, 1.165) is 24.6 Å². The van der Waals surface area contributed by atoms with E-state index in [-0.39, 0.29) is 23.7 Å². The zero-order chi connectivity index (χ0) is 24.5. The minimum Gasteiger partial charge on any atom is -0.406 e. The molecule has 0 bridgehead atoms. The molecule has 0 aliphatic carbocycles. The molecule has 11 heteroatoms. The van der Waals surface area contributed by atoms with Crippen molar-refractivity contribution in [1.82, 2.24) is 19.6 Å². The minimum absolute atomic E-state index is 0.0153. The first-order chi connectivity index (χ1) is 16.1. The molecule has 2 aromatic rings. The molecule has 2 aliphatic heterocycles. The Morgan fingerprint density at radius 2 is 1.74 bits per heavy atom. The van der Waals surface area contributed by atoms with Gasteiger partial charge in [-0.1, -0.05) is 0 Å². The van der Waals surface area contributed by atoms with Gasteiger partial charge in [0.15, 0.2) is 5.82 Å². The van der Waals surface area contributed by atoms with Gasteiger partial charge in [-0.2, -0.15) is 5.10 Å². The lowest BCUT2D eigenvalue weighted by atomic mass is 10.1. The van der Waals surface area contributed by atoms with E-state index in [9.17, 15) is 18.0 Å². The van der Waals surface area contributed by atoms with Crippen LogP contribution in [0.4, 0.5) is 19.0 Å². The van der Waals surface area contributed by atoms with Gasteiger partial charge in [-0.3, -0.25) is 9.69 Å². The Hall–Kier alpha value is -2.79. The Morgan fingerprint density at radius 1 is 1.12 bits per heavy atom. The van der Waals surface area contributed by atoms with Crippen molar-refractivity contribution in [3.63, 3.8) is 0 Å². The van der Waals surface area contributed by atoms with Crippen LogP contribution in [0.3, 0.4) is 0 Å². The number of rotatable bonds is 5. The van der Waals surface area contributed by atoms with Crippen LogP contribution in [-0.2, 0) is 9.53 Å². The van der Waals surface area contributed by atoms with Crippen molar-refractivity contribution < 1.29 is 27.4 Å². The quantitative estimate of drug-likeness (QED) is 0.655. The molecule has 2 saturated heterocycles. The summed E-state index contributed by atoms with van der Waals surface area (Å²) in [5.41, 5.74) is 1.49. The number of benzene rings is 1. The molecule has 0 saturated carbocycles. The maximum atomic E-state index is 13.0. The first-order valence-corrected chi connectivity index (χ1v) is 11.4. The molecular weight excluding hydrogens is 451 g/mol. The summed E-state index contributed by atoms with van der Waals surface area (Å²) < 4.78 is 48.3. The van der Waals surface area contributed by atoms with Crippen LogP contribution >= 0.6 is 0 Å². The Kier molecular flexibility index (Phi) is 7.04. The van der Waals surface area contributed by atoms with Gasteiger partial charge in [-0.15, -0.1) is 13.2 Å². The van der Waals surface area contributed by atoms with E-state index in [2.05, 4.69) is 14.5 Å². The van der Waals surface area contributed by atoms with Crippen LogP contribution in [0.25, 0.3) is 5.69 Å². The van der Waals surface area contributed by atoms with E-state index in [1.807, 2.05) is 31.7 Å². The molecule has 1 aromatic heterocycles. The minimum atomic E-state index is -4.73. The highest BCUT2D eigenvalue weighted by Gasteiger charge is 2.35. The summed E-state index contributed by atoms with van der Waals surface area (Å²) in [6.07, 6.45) is -4.73. The summed E-state index contributed by atoms with van der Waals surface area (Å²) in [5.74, 6) is 0.623. The number of ether oxygens (including phenoxy) is 2. The molecule has 34 heavy (non-hydrogen) atoms. The third-order valence-electron chi connectivity index (χ3n) is 6.18. The fourth-order valence-electron chi connectivity index (χ4n) is 4.70. The van der Waals surface area contributed by atoms with Crippen LogP contribution in [-0.4, -0.2) is 89.9 Å². The molecule has 0 spiro atoms. The topological polar surface area (TPSA) is 63.1 Å². The number of aryl methyl sites for hydroxylation is 1. The van der Waals surface area contributed by atoms with Gasteiger partial charge in [0.2, 0.25) is 5.91 Å². The summed E-state index contributed by atoms with van der Waals surface area (Å²) in [6, 6.07) is 7.60. The first-order valence-electron chi connectivity index (χ1n) is 11.4. The number of anilines is 1.